The number of halogens is 2. The van der Waals surface area contributed by atoms with Crippen molar-refractivity contribution in [3.63, 3.8) is 0 Å². The van der Waals surface area contributed by atoms with Crippen molar-refractivity contribution in [3.05, 3.63) is 80.9 Å². The molecule has 0 aromatic heterocycles. The van der Waals surface area contributed by atoms with Crippen molar-refractivity contribution in [2.45, 2.75) is 12.8 Å². The molecule has 4 nitrogen and oxygen atoms in total. The minimum atomic E-state index is -0.541. The summed E-state index contributed by atoms with van der Waals surface area (Å²) in [5.74, 6) is -1.89. The molecule has 1 aliphatic rings. The van der Waals surface area contributed by atoms with Crippen molar-refractivity contribution in [2.75, 3.05) is 0 Å². The summed E-state index contributed by atoms with van der Waals surface area (Å²) < 4.78 is 0. The van der Waals surface area contributed by atoms with E-state index in [9.17, 15) is 19.8 Å². The summed E-state index contributed by atoms with van der Waals surface area (Å²) in [7, 11) is 0. The SMILES string of the molecule is C=C(Cl)Cc1c(O)c2c(c(O)c1CC(=C)Cl)C(=O)c1ccccc1C2=O. The maximum Gasteiger partial charge on any atom is 0.198 e. The fourth-order valence-corrected chi connectivity index (χ4v) is 3.45. The minimum absolute atomic E-state index is 0.00313. The van der Waals surface area contributed by atoms with Crippen molar-refractivity contribution >= 4 is 34.8 Å². The van der Waals surface area contributed by atoms with Gasteiger partial charge in [-0.1, -0.05) is 60.6 Å². The molecule has 2 N–H and O–H groups in total. The van der Waals surface area contributed by atoms with Crippen LogP contribution in [0.3, 0.4) is 0 Å². The molecule has 2 aromatic rings. The number of carbonyl (C=O) groups is 2. The number of phenols is 2. The second-order valence-electron chi connectivity index (χ2n) is 6.00. The highest BCUT2D eigenvalue weighted by atomic mass is 35.5. The Bertz CT molecular complexity index is 925. The Balaban J connectivity index is 2.38. The molecule has 0 amide bonds. The molecular weight excluding hydrogens is 375 g/mol. The standard InChI is InChI=1S/C20H14Cl2O4/c1-9(21)7-13-14(8-10(2)22)20(26)16-15(19(13)25)17(23)11-5-3-4-6-12(11)18(16)24/h3-6,25-26H,1-2,7-8H2. The van der Waals surface area contributed by atoms with E-state index in [0.717, 1.165) is 0 Å². The molecule has 0 fully saturated rings. The van der Waals surface area contributed by atoms with Gasteiger partial charge in [0.05, 0.1) is 11.1 Å². The molecule has 1 aliphatic carbocycles. The topological polar surface area (TPSA) is 74.6 Å². The lowest BCUT2D eigenvalue weighted by molar-refractivity contribution is 0.0974. The number of allylic oxidation sites excluding steroid dienone is 2. The lowest BCUT2D eigenvalue weighted by Crippen LogP contribution is -2.22. The summed E-state index contributed by atoms with van der Waals surface area (Å²) in [6.45, 7) is 7.18. The van der Waals surface area contributed by atoms with Crippen LogP contribution in [0.1, 0.15) is 43.0 Å². The third-order valence-electron chi connectivity index (χ3n) is 4.27. The van der Waals surface area contributed by atoms with Crippen molar-refractivity contribution < 1.29 is 19.8 Å². The largest absolute Gasteiger partial charge is 0.507 e. The van der Waals surface area contributed by atoms with E-state index >= 15 is 0 Å². The Labute approximate surface area is 160 Å². The van der Waals surface area contributed by atoms with Gasteiger partial charge in [-0.15, -0.1) is 0 Å². The number of rotatable bonds is 4. The molecule has 0 bridgehead atoms. The molecule has 6 heteroatoms. The minimum Gasteiger partial charge on any atom is -0.507 e. The van der Waals surface area contributed by atoms with Crippen molar-refractivity contribution in [1.29, 1.82) is 0 Å². The number of fused-ring (bicyclic) bond motifs is 2. The third kappa shape index (κ3) is 2.81. The van der Waals surface area contributed by atoms with Gasteiger partial charge >= 0.3 is 0 Å². The van der Waals surface area contributed by atoms with E-state index in [1.54, 1.807) is 12.1 Å². The molecular formula is C20H14Cl2O4. The molecule has 0 unspecified atom stereocenters. The molecule has 0 aliphatic heterocycles. The molecule has 0 saturated carbocycles. The lowest BCUT2D eigenvalue weighted by atomic mass is 9.79. The first kappa shape index (κ1) is 18.2. The fraction of sp³-hybridized carbons (Fsp3) is 0.100. The van der Waals surface area contributed by atoms with Crippen molar-refractivity contribution in [2.24, 2.45) is 0 Å². The summed E-state index contributed by atoms with van der Waals surface area (Å²) in [5.41, 5.74) is 0.271. The van der Waals surface area contributed by atoms with Crippen LogP contribution in [0.4, 0.5) is 0 Å². The summed E-state index contributed by atoms with van der Waals surface area (Å²) in [5, 5.41) is 21.9. The zero-order chi connectivity index (χ0) is 19.2. The Hall–Kier alpha value is -2.56. The molecule has 0 heterocycles. The van der Waals surface area contributed by atoms with Crippen LogP contribution in [0.25, 0.3) is 0 Å². The predicted octanol–water partition coefficient (Wildman–Crippen LogP) is 4.46. The normalized spacial score (nSPS) is 12.5. The van der Waals surface area contributed by atoms with Gasteiger partial charge in [-0.2, -0.15) is 0 Å². The van der Waals surface area contributed by atoms with Crippen LogP contribution >= 0.6 is 23.2 Å². The molecule has 0 radical (unpaired) electrons. The van der Waals surface area contributed by atoms with Gasteiger partial charge in [0.2, 0.25) is 0 Å². The highest BCUT2D eigenvalue weighted by Crippen LogP contribution is 2.44. The predicted molar refractivity (Wildman–Crippen MR) is 100 cm³/mol. The third-order valence-corrected chi connectivity index (χ3v) is 4.53. The van der Waals surface area contributed by atoms with Crippen molar-refractivity contribution in [3.8, 4) is 11.5 Å². The number of phenolic OH excluding ortho intramolecular Hbond substituents is 2. The summed E-state index contributed by atoms with van der Waals surface area (Å²) in [6.07, 6.45) is -0.00625. The van der Waals surface area contributed by atoms with Crippen LogP contribution in [0.2, 0.25) is 0 Å². The molecule has 2 aromatic carbocycles. The molecule has 0 spiro atoms. The van der Waals surface area contributed by atoms with E-state index in [1.165, 1.54) is 12.1 Å². The van der Waals surface area contributed by atoms with Crippen LogP contribution in [0.15, 0.2) is 47.5 Å². The van der Waals surface area contributed by atoms with E-state index in [0.29, 0.717) is 0 Å². The highest BCUT2D eigenvalue weighted by molar-refractivity contribution is 6.31. The van der Waals surface area contributed by atoms with Crippen LogP contribution in [0.5, 0.6) is 11.5 Å². The van der Waals surface area contributed by atoms with Gasteiger partial charge in [0.15, 0.2) is 11.6 Å². The van der Waals surface area contributed by atoms with Gasteiger partial charge in [0.25, 0.3) is 0 Å². The maximum atomic E-state index is 12.9. The van der Waals surface area contributed by atoms with E-state index in [-0.39, 0.29) is 56.3 Å². The number of aromatic hydroxyl groups is 2. The molecule has 0 saturated heterocycles. The van der Waals surface area contributed by atoms with E-state index < -0.39 is 23.1 Å². The van der Waals surface area contributed by atoms with Gasteiger partial charge < -0.3 is 10.2 Å². The van der Waals surface area contributed by atoms with E-state index in [4.69, 9.17) is 23.2 Å². The molecule has 0 atom stereocenters. The van der Waals surface area contributed by atoms with Gasteiger partial charge in [-0.05, 0) is 0 Å². The second-order valence-corrected chi connectivity index (χ2v) is 7.07. The van der Waals surface area contributed by atoms with E-state index in [1.807, 2.05) is 0 Å². The number of hydrogen-bond donors (Lipinski definition) is 2. The first-order valence-electron chi connectivity index (χ1n) is 7.68. The molecule has 3 rings (SSSR count). The smallest absolute Gasteiger partial charge is 0.198 e. The summed E-state index contributed by atoms with van der Waals surface area (Å²) in [4.78, 5) is 25.8. The highest BCUT2D eigenvalue weighted by Gasteiger charge is 2.37. The number of ketones is 2. The lowest BCUT2D eigenvalue weighted by Gasteiger charge is -2.24. The maximum absolute atomic E-state index is 12.9. The number of benzene rings is 2. The average Bonchev–Trinajstić information content (AvgIpc) is 2.58. The Morgan fingerprint density at radius 2 is 1.15 bits per heavy atom. The monoisotopic (exact) mass is 388 g/mol. The second kappa shape index (κ2) is 6.63. The number of hydrogen-bond acceptors (Lipinski definition) is 4. The first-order chi connectivity index (χ1) is 12.2. The Morgan fingerprint density at radius 3 is 1.46 bits per heavy atom. The summed E-state index contributed by atoms with van der Waals surface area (Å²) >= 11 is 11.8. The Kier molecular flexibility index (Phi) is 4.65. The fourth-order valence-electron chi connectivity index (χ4n) is 3.18. The zero-order valence-corrected chi connectivity index (χ0v) is 15.1. The number of carbonyl (C=O) groups excluding carboxylic acids is 2. The molecule has 132 valence electrons. The van der Waals surface area contributed by atoms with Crippen LogP contribution in [-0.2, 0) is 12.8 Å². The van der Waals surface area contributed by atoms with Crippen LogP contribution in [0, 0.1) is 0 Å². The van der Waals surface area contributed by atoms with Crippen LogP contribution < -0.4 is 0 Å². The van der Waals surface area contributed by atoms with Gasteiger partial charge in [-0.3, -0.25) is 9.59 Å². The quantitative estimate of drug-likeness (QED) is 0.646. The summed E-state index contributed by atoms with van der Waals surface area (Å²) in [6, 6.07) is 6.26. The average molecular weight is 389 g/mol. The Morgan fingerprint density at radius 1 is 0.808 bits per heavy atom. The van der Waals surface area contributed by atoms with E-state index in [2.05, 4.69) is 13.2 Å². The van der Waals surface area contributed by atoms with Crippen molar-refractivity contribution in [1.82, 2.24) is 0 Å². The van der Waals surface area contributed by atoms with Gasteiger partial charge in [-0.25, -0.2) is 0 Å². The van der Waals surface area contributed by atoms with Gasteiger partial charge in [0.1, 0.15) is 11.5 Å². The zero-order valence-electron chi connectivity index (χ0n) is 13.6. The van der Waals surface area contributed by atoms with Gasteiger partial charge in [0, 0.05) is 45.2 Å². The van der Waals surface area contributed by atoms with Crippen LogP contribution in [-0.4, -0.2) is 21.8 Å². The first-order valence-corrected chi connectivity index (χ1v) is 8.44. The molecule has 26 heavy (non-hydrogen) atoms.